The normalized spacial score (nSPS) is 19.2. The van der Waals surface area contributed by atoms with Crippen molar-refractivity contribution in [2.24, 2.45) is 5.73 Å². The highest BCUT2D eigenvalue weighted by Crippen LogP contribution is 2.41. The number of nitrogens with one attached hydrogen (secondary N) is 3. The first-order chi connectivity index (χ1) is 15.2. The summed E-state index contributed by atoms with van der Waals surface area (Å²) in [4.78, 5) is 42.1. The van der Waals surface area contributed by atoms with Crippen LogP contribution in [0.15, 0.2) is 35.3 Å². The molecule has 1 aliphatic rings. The van der Waals surface area contributed by atoms with Gasteiger partial charge < -0.3 is 21.5 Å². The van der Waals surface area contributed by atoms with Gasteiger partial charge in [-0.1, -0.05) is 38.1 Å². The lowest BCUT2D eigenvalue weighted by atomic mass is 9.83. The molecule has 0 spiro atoms. The fraction of sp³-hybridized carbons (Fsp3) is 0.409. The molecule has 1 amide bonds. The molecule has 1 aromatic heterocycles. The molecule has 0 bridgehead atoms. The van der Waals surface area contributed by atoms with E-state index >= 15 is 0 Å². The summed E-state index contributed by atoms with van der Waals surface area (Å²) in [5, 5.41) is 22.7. The molecule has 6 N–H and O–H groups in total. The summed E-state index contributed by atoms with van der Waals surface area (Å²) in [6.45, 7) is 4.48. The number of hydrogen-bond donors (Lipinski definition) is 5. The molecular formula is C22H28N6O4. The number of hydrogen-bond acceptors (Lipinski definition) is 6. The van der Waals surface area contributed by atoms with Crippen LogP contribution >= 0.6 is 0 Å². The minimum Gasteiger partial charge on any atom is -0.481 e. The van der Waals surface area contributed by atoms with E-state index in [0.717, 1.165) is 12.0 Å². The molecule has 0 saturated heterocycles. The molecule has 1 aliphatic heterocycles. The Kier molecular flexibility index (Phi) is 6.61. The van der Waals surface area contributed by atoms with Crippen molar-refractivity contribution in [1.29, 1.82) is 5.41 Å². The molecule has 1 aromatic carbocycles. The summed E-state index contributed by atoms with van der Waals surface area (Å²) in [5.41, 5.74) is 5.80. The number of fused-ring (bicyclic) bond motifs is 1. The summed E-state index contributed by atoms with van der Waals surface area (Å²) in [6, 6.07) is 6.04. The van der Waals surface area contributed by atoms with E-state index in [0.29, 0.717) is 17.9 Å². The van der Waals surface area contributed by atoms with Crippen molar-refractivity contribution in [2.75, 3.05) is 11.9 Å². The third kappa shape index (κ3) is 4.63. The lowest BCUT2D eigenvalue weighted by Crippen LogP contribution is -2.36. The number of benzene rings is 1. The van der Waals surface area contributed by atoms with E-state index in [1.165, 1.54) is 10.8 Å². The summed E-state index contributed by atoms with van der Waals surface area (Å²) >= 11 is 0. The van der Waals surface area contributed by atoms with E-state index in [9.17, 15) is 19.5 Å². The molecule has 170 valence electrons. The lowest BCUT2D eigenvalue weighted by molar-refractivity contribution is -0.138. The first-order valence-corrected chi connectivity index (χ1v) is 10.4. The number of amides is 1. The van der Waals surface area contributed by atoms with Gasteiger partial charge >= 0.3 is 5.97 Å². The highest BCUT2D eigenvalue weighted by molar-refractivity contribution is 5.94. The Balaban J connectivity index is 1.87. The number of carboxylic acids is 1. The average Bonchev–Trinajstić information content (AvgIpc) is 3.04. The third-order valence-corrected chi connectivity index (χ3v) is 5.63. The molecule has 0 saturated carbocycles. The van der Waals surface area contributed by atoms with Crippen LogP contribution < -0.4 is 21.9 Å². The number of aromatic nitrogens is 2. The molecule has 0 aliphatic carbocycles. The lowest BCUT2D eigenvalue weighted by Gasteiger charge is -2.20. The first-order valence-electron chi connectivity index (χ1n) is 10.4. The predicted molar refractivity (Wildman–Crippen MR) is 120 cm³/mol. The number of carboxylic acid groups (broad SMARTS) is 1. The molecule has 2 aromatic rings. The summed E-state index contributed by atoms with van der Waals surface area (Å²) < 4.78 is 1.33. The van der Waals surface area contributed by atoms with Crippen molar-refractivity contribution in [3.05, 3.63) is 57.8 Å². The Morgan fingerprint density at radius 3 is 2.62 bits per heavy atom. The monoisotopic (exact) mass is 440 g/mol. The van der Waals surface area contributed by atoms with E-state index in [2.05, 4.69) is 15.6 Å². The van der Waals surface area contributed by atoms with E-state index in [-0.39, 0.29) is 42.4 Å². The quantitative estimate of drug-likeness (QED) is 0.290. The molecule has 3 rings (SSSR count). The fourth-order valence-electron chi connectivity index (χ4n) is 4.00. The Bertz CT molecular complexity index is 1090. The van der Waals surface area contributed by atoms with Crippen LogP contribution in [0.25, 0.3) is 0 Å². The van der Waals surface area contributed by atoms with Gasteiger partial charge in [0.25, 0.3) is 5.56 Å². The molecule has 10 nitrogen and oxygen atoms in total. The number of aliphatic carboxylic acids is 1. The molecule has 2 heterocycles. The van der Waals surface area contributed by atoms with Gasteiger partial charge in [0.2, 0.25) is 5.91 Å². The third-order valence-electron chi connectivity index (χ3n) is 5.63. The molecule has 2 atom stereocenters. The second kappa shape index (κ2) is 9.21. The molecule has 0 unspecified atom stereocenters. The highest BCUT2D eigenvalue weighted by Gasteiger charge is 2.46. The second-order valence-corrected chi connectivity index (χ2v) is 8.28. The number of anilines is 1. The summed E-state index contributed by atoms with van der Waals surface area (Å²) in [7, 11) is 0. The van der Waals surface area contributed by atoms with Crippen molar-refractivity contribution in [3.8, 4) is 0 Å². The second-order valence-electron chi connectivity index (χ2n) is 8.28. The van der Waals surface area contributed by atoms with Crippen LogP contribution in [0.3, 0.4) is 0 Å². The van der Waals surface area contributed by atoms with Gasteiger partial charge in [-0.25, -0.2) is 4.98 Å². The van der Waals surface area contributed by atoms with Gasteiger partial charge in [0, 0.05) is 24.1 Å². The van der Waals surface area contributed by atoms with Gasteiger partial charge in [0.05, 0.1) is 12.6 Å². The van der Waals surface area contributed by atoms with E-state index in [1.54, 1.807) is 31.2 Å². The molecule has 32 heavy (non-hydrogen) atoms. The van der Waals surface area contributed by atoms with E-state index in [1.807, 2.05) is 6.92 Å². The van der Waals surface area contributed by atoms with Crippen molar-refractivity contribution in [1.82, 2.24) is 14.9 Å². The zero-order valence-corrected chi connectivity index (χ0v) is 18.1. The summed E-state index contributed by atoms with van der Waals surface area (Å²) in [5.74, 6) is -1.14. The topological polar surface area (TPSA) is 163 Å². The van der Waals surface area contributed by atoms with E-state index < -0.39 is 17.4 Å². The minimum atomic E-state index is -1.02. The van der Waals surface area contributed by atoms with Gasteiger partial charge in [-0.05, 0) is 18.4 Å². The van der Waals surface area contributed by atoms with Gasteiger partial charge in [0.15, 0.2) is 0 Å². The zero-order chi connectivity index (χ0) is 23.5. The minimum absolute atomic E-state index is 0.0415. The fourth-order valence-corrected chi connectivity index (χ4v) is 4.00. The zero-order valence-electron chi connectivity index (χ0n) is 18.1. The highest BCUT2D eigenvalue weighted by atomic mass is 16.4. The first kappa shape index (κ1) is 23.0. The van der Waals surface area contributed by atoms with Crippen LogP contribution in [-0.2, 0) is 21.5 Å². The number of amidine groups is 1. The Morgan fingerprint density at radius 1 is 1.34 bits per heavy atom. The standard InChI is InChI=1S/C22H28N6O4/c1-3-8-25-15-12-27-21-22(2,10-17(29)30)9-16(28(21)20(15)32)19(31)26-11-13-4-6-14(7-5-13)18(23)24/h4-7,12,16,25H,3,8-11H2,1-2H3,(H3,23,24)(H,26,31)(H,29,30)/t16-,22+/m1/s1. The number of nitrogens with zero attached hydrogens (tertiary/aromatic N) is 2. The largest absolute Gasteiger partial charge is 0.481 e. The number of rotatable bonds is 9. The van der Waals surface area contributed by atoms with Crippen LogP contribution in [0.4, 0.5) is 5.69 Å². The van der Waals surface area contributed by atoms with Gasteiger partial charge in [-0.2, -0.15) is 0 Å². The van der Waals surface area contributed by atoms with Crippen LogP contribution in [0, 0.1) is 5.41 Å². The number of carbonyl (C=O) groups excluding carboxylic acids is 1. The Morgan fingerprint density at radius 2 is 2.03 bits per heavy atom. The van der Waals surface area contributed by atoms with Gasteiger partial charge in [-0.3, -0.25) is 24.4 Å². The summed E-state index contributed by atoms with van der Waals surface area (Å²) in [6.07, 6.45) is 2.15. The number of nitrogen functional groups attached to an aromatic ring is 1. The maximum Gasteiger partial charge on any atom is 0.304 e. The maximum atomic E-state index is 13.1. The Labute approximate surface area is 185 Å². The van der Waals surface area contributed by atoms with E-state index in [4.69, 9.17) is 11.1 Å². The smallest absolute Gasteiger partial charge is 0.304 e. The molecule has 10 heteroatoms. The molecule has 0 fully saturated rings. The van der Waals surface area contributed by atoms with Crippen LogP contribution in [0.1, 0.15) is 56.1 Å². The van der Waals surface area contributed by atoms with Crippen LogP contribution in [0.5, 0.6) is 0 Å². The number of carbonyl (C=O) groups is 2. The van der Waals surface area contributed by atoms with Crippen molar-refractivity contribution in [2.45, 2.75) is 51.1 Å². The van der Waals surface area contributed by atoms with Crippen molar-refractivity contribution < 1.29 is 14.7 Å². The average molecular weight is 441 g/mol. The molecule has 0 radical (unpaired) electrons. The maximum absolute atomic E-state index is 13.1. The van der Waals surface area contributed by atoms with Crippen molar-refractivity contribution >= 4 is 23.4 Å². The predicted octanol–water partition coefficient (Wildman–Crippen LogP) is 1.34. The van der Waals surface area contributed by atoms with Crippen LogP contribution in [0.2, 0.25) is 0 Å². The van der Waals surface area contributed by atoms with Gasteiger partial charge in [-0.15, -0.1) is 0 Å². The SMILES string of the molecule is CCCNc1cnc2n(c1=O)[C@@H](C(=O)NCc1ccc(C(=N)N)cc1)C[C@@]2(C)CC(=O)O. The van der Waals surface area contributed by atoms with Crippen LogP contribution in [-0.4, -0.2) is 38.9 Å². The Hall–Kier alpha value is -3.69. The van der Waals surface area contributed by atoms with Crippen molar-refractivity contribution in [3.63, 3.8) is 0 Å². The number of nitrogens with two attached hydrogens (primary N) is 1. The van der Waals surface area contributed by atoms with Gasteiger partial charge in [0.1, 0.15) is 23.4 Å². The molecular weight excluding hydrogens is 412 g/mol.